The van der Waals surface area contributed by atoms with Crippen molar-refractivity contribution in [2.75, 3.05) is 18.5 Å². The van der Waals surface area contributed by atoms with Gasteiger partial charge in [-0.15, -0.1) is 0 Å². The summed E-state index contributed by atoms with van der Waals surface area (Å²) in [4.78, 5) is 13.3. The lowest BCUT2D eigenvalue weighted by Gasteiger charge is -2.16. The van der Waals surface area contributed by atoms with E-state index in [2.05, 4.69) is 0 Å². The van der Waals surface area contributed by atoms with Crippen LogP contribution in [0.2, 0.25) is 5.02 Å². The maximum atomic E-state index is 12.2. The minimum Gasteiger partial charge on any atom is -0.399 e. The molecular weight excluding hydrogens is 288 g/mol. The molecule has 104 valence electrons. The van der Waals surface area contributed by atoms with E-state index in [0.29, 0.717) is 5.69 Å². The highest BCUT2D eigenvalue weighted by Gasteiger charge is 2.32. The van der Waals surface area contributed by atoms with Gasteiger partial charge in [0, 0.05) is 18.8 Å². The second-order valence-corrected chi connectivity index (χ2v) is 7.05. The summed E-state index contributed by atoms with van der Waals surface area (Å²) in [6.45, 7) is 0. The number of nitrogens with zero attached hydrogens (tertiary/aromatic N) is 1. The average molecular weight is 303 g/mol. The van der Waals surface area contributed by atoms with Crippen molar-refractivity contribution in [1.29, 1.82) is 0 Å². The fraction of sp³-hybridized carbons (Fsp3) is 0.417. The van der Waals surface area contributed by atoms with Gasteiger partial charge in [0.15, 0.2) is 9.84 Å². The molecule has 0 aromatic heterocycles. The molecule has 1 aliphatic carbocycles. The molecule has 0 unspecified atom stereocenters. The number of sulfone groups is 1. The van der Waals surface area contributed by atoms with E-state index in [1.807, 2.05) is 0 Å². The Labute approximate surface area is 117 Å². The summed E-state index contributed by atoms with van der Waals surface area (Å²) in [7, 11) is -2.15. The van der Waals surface area contributed by atoms with Crippen molar-refractivity contribution in [3.8, 4) is 0 Å². The molecule has 1 aliphatic rings. The van der Waals surface area contributed by atoms with Gasteiger partial charge in [0.2, 0.25) is 5.91 Å². The number of halogens is 1. The van der Waals surface area contributed by atoms with Gasteiger partial charge < -0.3 is 10.6 Å². The van der Waals surface area contributed by atoms with Crippen LogP contribution in [0.3, 0.4) is 0 Å². The minimum absolute atomic E-state index is 0.0797. The van der Waals surface area contributed by atoms with Gasteiger partial charge >= 0.3 is 0 Å². The molecule has 1 saturated carbocycles. The van der Waals surface area contributed by atoms with Crippen LogP contribution in [0, 0.1) is 0 Å². The summed E-state index contributed by atoms with van der Waals surface area (Å²) in [5.41, 5.74) is 5.85. The molecule has 0 bridgehead atoms. The minimum atomic E-state index is -3.77. The molecule has 0 spiro atoms. The SMILES string of the molecule is CN(C(=O)CS(=O)(=O)c1cc(N)ccc1Cl)C1CC1. The third-order valence-electron chi connectivity index (χ3n) is 3.09. The van der Waals surface area contributed by atoms with E-state index in [0.717, 1.165) is 12.8 Å². The molecular formula is C12H15ClN2O3S. The molecule has 0 aliphatic heterocycles. The largest absolute Gasteiger partial charge is 0.399 e. The number of amides is 1. The third-order valence-corrected chi connectivity index (χ3v) is 5.17. The number of nitrogens with two attached hydrogens (primary N) is 1. The van der Waals surface area contributed by atoms with Crippen LogP contribution in [0.1, 0.15) is 12.8 Å². The quantitative estimate of drug-likeness (QED) is 0.851. The van der Waals surface area contributed by atoms with Gasteiger partial charge in [-0.05, 0) is 31.0 Å². The zero-order valence-electron chi connectivity index (χ0n) is 10.5. The molecule has 2 rings (SSSR count). The van der Waals surface area contributed by atoms with E-state index in [4.69, 9.17) is 17.3 Å². The fourth-order valence-corrected chi connectivity index (χ4v) is 3.60. The zero-order valence-corrected chi connectivity index (χ0v) is 12.0. The first kappa shape index (κ1) is 14.1. The molecule has 1 aromatic carbocycles. The molecule has 1 aromatic rings. The molecule has 2 N–H and O–H groups in total. The second-order valence-electron chi connectivity index (χ2n) is 4.68. The maximum Gasteiger partial charge on any atom is 0.238 e. The molecule has 1 amide bonds. The average Bonchev–Trinajstić information content (AvgIpc) is 3.14. The van der Waals surface area contributed by atoms with Gasteiger partial charge in [-0.3, -0.25) is 4.79 Å². The fourth-order valence-electron chi connectivity index (χ4n) is 1.77. The van der Waals surface area contributed by atoms with Crippen molar-refractivity contribution in [1.82, 2.24) is 4.90 Å². The zero-order chi connectivity index (χ0) is 14.2. The van der Waals surface area contributed by atoms with Crippen LogP contribution in [0.4, 0.5) is 5.69 Å². The molecule has 5 nitrogen and oxygen atoms in total. The van der Waals surface area contributed by atoms with Crippen molar-refractivity contribution in [3.63, 3.8) is 0 Å². The summed E-state index contributed by atoms with van der Waals surface area (Å²) in [5.74, 6) is -0.996. The van der Waals surface area contributed by atoms with Crippen LogP contribution in [-0.4, -0.2) is 38.1 Å². The molecule has 7 heteroatoms. The number of nitrogen functional groups attached to an aromatic ring is 1. The number of anilines is 1. The van der Waals surface area contributed by atoms with Crippen LogP contribution in [0.25, 0.3) is 0 Å². The first-order valence-corrected chi connectivity index (χ1v) is 7.88. The smallest absolute Gasteiger partial charge is 0.238 e. The predicted octanol–water partition coefficient (Wildman–Crippen LogP) is 1.32. The van der Waals surface area contributed by atoms with Gasteiger partial charge in [-0.25, -0.2) is 8.42 Å². The van der Waals surface area contributed by atoms with E-state index in [1.165, 1.54) is 23.1 Å². The van der Waals surface area contributed by atoms with Gasteiger partial charge in [-0.1, -0.05) is 11.6 Å². The van der Waals surface area contributed by atoms with Gasteiger partial charge in [0.25, 0.3) is 0 Å². The standard InChI is InChI=1S/C12H15ClN2O3S/c1-15(9-3-4-9)12(16)7-19(17,18)11-6-8(14)2-5-10(11)13/h2,5-6,9H,3-4,7,14H2,1H3. The molecule has 0 radical (unpaired) electrons. The van der Waals surface area contributed by atoms with Gasteiger partial charge in [0.1, 0.15) is 5.75 Å². The first-order valence-electron chi connectivity index (χ1n) is 5.85. The lowest BCUT2D eigenvalue weighted by Crippen LogP contribution is -2.34. The van der Waals surface area contributed by atoms with E-state index < -0.39 is 21.5 Å². The van der Waals surface area contributed by atoms with Crippen LogP contribution in [-0.2, 0) is 14.6 Å². The maximum absolute atomic E-state index is 12.2. The highest BCUT2D eigenvalue weighted by Crippen LogP contribution is 2.28. The second kappa shape index (κ2) is 5.02. The van der Waals surface area contributed by atoms with Crippen LogP contribution < -0.4 is 5.73 Å². The summed E-state index contributed by atoms with van der Waals surface area (Å²) in [6.07, 6.45) is 1.86. The molecule has 0 saturated heterocycles. The van der Waals surface area contributed by atoms with Crippen molar-refractivity contribution in [2.24, 2.45) is 0 Å². The Bertz CT molecular complexity index is 611. The Morgan fingerprint density at radius 2 is 2.11 bits per heavy atom. The molecule has 0 atom stereocenters. The Morgan fingerprint density at radius 1 is 1.47 bits per heavy atom. The monoisotopic (exact) mass is 302 g/mol. The highest BCUT2D eigenvalue weighted by molar-refractivity contribution is 7.92. The lowest BCUT2D eigenvalue weighted by molar-refractivity contribution is -0.127. The summed E-state index contributed by atoms with van der Waals surface area (Å²) >= 11 is 5.86. The Morgan fingerprint density at radius 3 is 2.68 bits per heavy atom. The Hall–Kier alpha value is -1.27. The van der Waals surface area contributed by atoms with Crippen LogP contribution in [0.5, 0.6) is 0 Å². The Balaban J connectivity index is 2.22. The van der Waals surface area contributed by atoms with Crippen LogP contribution in [0.15, 0.2) is 23.1 Å². The van der Waals surface area contributed by atoms with Crippen LogP contribution >= 0.6 is 11.6 Å². The number of carbonyl (C=O) groups is 1. The number of hydrogen-bond donors (Lipinski definition) is 1. The Kier molecular flexibility index (Phi) is 3.73. The topological polar surface area (TPSA) is 80.5 Å². The lowest BCUT2D eigenvalue weighted by atomic mass is 10.3. The van der Waals surface area contributed by atoms with Crippen molar-refractivity contribution in [2.45, 2.75) is 23.8 Å². The third kappa shape index (κ3) is 3.19. The number of carbonyl (C=O) groups excluding carboxylic acids is 1. The number of hydrogen-bond acceptors (Lipinski definition) is 4. The normalized spacial score (nSPS) is 15.3. The van der Waals surface area contributed by atoms with E-state index in [9.17, 15) is 13.2 Å². The number of rotatable bonds is 4. The molecule has 19 heavy (non-hydrogen) atoms. The number of benzene rings is 1. The van der Waals surface area contributed by atoms with E-state index >= 15 is 0 Å². The molecule has 0 heterocycles. The summed E-state index contributed by atoms with van der Waals surface area (Å²) in [6, 6.07) is 4.39. The van der Waals surface area contributed by atoms with Gasteiger partial charge in [0.05, 0.1) is 9.92 Å². The van der Waals surface area contributed by atoms with Crippen molar-refractivity contribution in [3.05, 3.63) is 23.2 Å². The summed E-state index contributed by atoms with van der Waals surface area (Å²) in [5, 5.41) is 0.0797. The van der Waals surface area contributed by atoms with Crippen molar-refractivity contribution >= 4 is 33.0 Å². The van der Waals surface area contributed by atoms with Crippen molar-refractivity contribution < 1.29 is 13.2 Å². The summed E-state index contributed by atoms with van der Waals surface area (Å²) < 4.78 is 24.4. The van der Waals surface area contributed by atoms with E-state index in [-0.39, 0.29) is 16.0 Å². The highest BCUT2D eigenvalue weighted by atomic mass is 35.5. The van der Waals surface area contributed by atoms with E-state index in [1.54, 1.807) is 7.05 Å². The van der Waals surface area contributed by atoms with Gasteiger partial charge in [-0.2, -0.15) is 0 Å². The first-order chi connectivity index (χ1) is 8.81. The predicted molar refractivity (Wildman–Crippen MR) is 73.7 cm³/mol. The molecule has 1 fully saturated rings.